The minimum absolute atomic E-state index is 0.128. The van der Waals surface area contributed by atoms with Gasteiger partial charge in [0, 0.05) is 13.2 Å². The van der Waals surface area contributed by atoms with Gasteiger partial charge in [0.05, 0.1) is 18.3 Å². The molecular weight excluding hydrogens is 270 g/mol. The molecular formula is C14H23N5O2. The first kappa shape index (κ1) is 14.5. The molecule has 1 saturated carbocycles. The number of carbonyl (C=O) groups excluding carboxylic acids is 1. The van der Waals surface area contributed by atoms with Gasteiger partial charge >= 0.3 is 0 Å². The third-order valence-electron chi connectivity index (χ3n) is 4.48. The summed E-state index contributed by atoms with van der Waals surface area (Å²) in [6.07, 6.45) is 6.94. The highest BCUT2D eigenvalue weighted by Gasteiger charge is 2.27. The lowest BCUT2D eigenvalue weighted by Gasteiger charge is -2.22. The highest BCUT2D eigenvalue weighted by atomic mass is 16.5. The van der Waals surface area contributed by atoms with Gasteiger partial charge in [-0.15, -0.1) is 5.10 Å². The maximum absolute atomic E-state index is 12.2. The molecule has 3 rings (SSSR count). The van der Waals surface area contributed by atoms with E-state index in [0.29, 0.717) is 11.7 Å². The lowest BCUT2D eigenvalue weighted by molar-refractivity contribution is 0.0910. The summed E-state index contributed by atoms with van der Waals surface area (Å²) in [5.41, 5.74) is 0.411. The van der Waals surface area contributed by atoms with E-state index >= 15 is 0 Å². The quantitative estimate of drug-likeness (QED) is 0.845. The summed E-state index contributed by atoms with van der Waals surface area (Å²) < 4.78 is 7.16. The van der Waals surface area contributed by atoms with E-state index in [1.165, 1.54) is 0 Å². The molecule has 2 fully saturated rings. The van der Waals surface area contributed by atoms with Crippen LogP contribution in [0.15, 0.2) is 6.20 Å². The van der Waals surface area contributed by atoms with Gasteiger partial charge in [-0.1, -0.05) is 5.21 Å². The van der Waals surface area contributed by atoms with E-state index in [0.717, 1.165) is 45.2 Å². The Labute approximate surface area is 124 Å². The Balaban J connectivity index is 1.56. The molecule has 2 heterocycles. The second kappa shape index (κ2) is 6.53. The monoisotopic (exact) mass is 293 g/mol. The van der Waals surface area contributed by atoms with Crippen LogP contribution in [0.25, 0.3) is 0 Å². The molecule has 0 aromatic carbocycles. The third kappa shape index (κ3) is 3.41. The second-order valence-corrected chi connectivity index (χ2v) is 5.91. The molecule has 7 heteroatoms. The molecule has 1 aliphatic heterocycles. The first-order chi connectivity index (χ1) is 10.3. The number of methoxy groups -OCH3 is 1. The zero-order valence-corrected chi connectivity index (χ0v) is 12.4. The average Bonchev–Trinajstić information content (AvgIpc) is 3.17. The van der Waals surface area contributed by atoms with E-state index in [4.69, 9.17) is 4.74 Å². The van der Waals surface area contributed by atoms with Crippen LogP contribution in [0, 0.1) is 0 Å². The van der Waals surface area contributed by atoms with E-state index in [9.17, 15) is 4.79 Å². The van der Waals surface area contributed by atoms with Gasteiger partial charge in [-0.05, 0) is 45.2 Å². The molecule has 0 radical (unpaired) electrons. The van der Waals surface area contributed by atoms with E-state index in [-0.39, 0.29) is 18.1 Å². The van der Waals surface area contributed by atoms with E-state index in [2.05, 4.69) is 20.9 Å². The van der Waals surface area contributed by atoms with Crippen LogP contribution >= 0.6 is 0 Å². The van der Waals surface area contributed by atoms with Crippen molar-refractivity contribution in [3.8, 4) is 0 Å². The Bertz CT molecular complexity index is 483. The van der Waals surface area contributed by atoms with Gasteiger partial charge < -0.3 is 15.4 Å². The molecule has 1 aromatic heterocycles. The number of piperidine rings is 1. The van der Waals surface area contributed by atoms with Gasteiger partial charge in [0.25, 0.3) is 5.91 Å². The fraction of sp³-hybridized carbons (Fsp3) is 0.786. The van der Waals surface area contributed by atoms with Crippen LogP contribution in [0.2, 0.25) is 0 Å². The van der Waals surface area contributed by atoms with Crippen molar-refractivity contribution < 1.29 is 9.53 Å². The Kier molecular flexibility index (Phi) is 4.50. The number of ether oxygens (including phenoxy) is 1. The van der Waals surface area contributed by atoms with Crippen molar-refractivity contribution >= 4 is 5.91 Å². The van der Waals surface area contributed by atoms with Crippen LogP contribution in [0.5, 0.6) is 0 Å². The molecule has 0 spiro atoms. The Morgan fingerprint density at radius 3 is 2.90 bits per heavy atom. The normalized spacial score (nSPS) is 26.9. The maximum atomic E-state index is 12.2. The van der Waals surface area contributed by atoms with Crippen molar-refractivity contribution in [1.29, 1.82) is 0 Å². The molecule has 2 atom stereocenters. The van der Waals surface area contributed by atoms with Crippen LogP contribution in [0.1, 0.15) is 48.6 Å². The van der Waals surface area contributed by atoms with E-state index in [1.54, 1.807) is 13.3 Å². The lowest BCUT2D eigenvalue weighted by atomic mass is 10.1. The molecule has 116 valence electrons. The summed E-state index contributed by atoms with van der Waals surface area (Å²) in [6.45, 7) is 1.99. The predicted molar refractivity (Wildman–Crippen MR) is 77.1 cm³/mol. The molecule has 2 N–H and O–H groups in total. The summed E-state index contributed by atoms with van der Waals surface area (Å²) in [7, 11) is 1.72. The van der Waals surface area contributed by atoms with Crippen molar-refractivity contribution in [2.75, 3.05) is 20.2 Å². The van der Waals surface area contributed by atoms with Gasteiger partial charge in [0.2, 0.25) is 0 Å². The largest absolute Gasteiger partial charge is 0.381 e. The van der Waals surface area contributed by atoms with Gasteiger partial charge in [-0.25, -0.2) is 4.68 Å². The molecule has 2 unspecified atom stereocenters. The van der Waals surface area contributed by atoms with Crippen LogP contribution in [0.3, 0.4) is 0 Å². The Morgan fingerprint density at radius 2 is 2.19 bits per heavy atom. The number of amides is 1. The fourth-order valence-corrected chi connectivity index (χ4v) is 3.18. The predicted octanol–water partition coefficient (Wildman–Crippen LogP) is 0.500. The maximum Gasteiger partial charge on any atom is 0.273 e. The van der Waals surface area contributed by atoms with E-state index in [1.807, 2.05) is 4.68 Å². The first-order valence-corrected chi connectivity index (χ1v) is 7.72. The first-order valence-electron chi connectivity index (χ1n) is 7.72. The highest BCUT2D eigenvalue weighted by molar-refractivity contribution is 5.92. The number of hydrogen-bond donors (Lipinski definition) is 2. The van der Waals surface area contributed by atoms with Crippen LogP contribution in [-0.2, 0) is 4.74 Å². The van der Waals surface area contributed by atoms with E-state index < -0.39 is 0 Å². The smallest absolute Gasteiger partial charge is 0.273 e. The van der Waals surface area contributed by atoms with Crippen molar-refractivity contribution in [1.82, 2.24) is 25.6 Å². The van der Waals surface area contributed by atoms with Crippen molar-refractivity contribution in [3.05, 3.63) is 11.9 Å². The topological polar surface area (TPSA) is 81.1 Å². The van der Waals surface area contributed by atoms with Gasteiger partial charge in [-0.2, -0.15) is 0 Å². The Hall–Kier alpha value is -1.47. The van der Waals surface area contributed by atoms with Gasteiger partial charge in [0.15, 0.2) is 5.69 Å². The molecule has 1 saturated heterocycles. The second-order valence-electron chi connectivity index (χ2n) is 5.91. The summed E-state index contributed by atoms with van der Waals surface area (Å²) in [5, 5.41) is 14.5. The molecule has 7 nitrogen and oxygen atoms in total. The number of aromatic nitrogens is 3. The van der Waals surface area contributed by atoms with Crippen LogP contribution in [-0.4, -0.2) is 53.2 Å². The number of nitrogens with zero attached hydrogens (tertiary/aromatic N) is 3. The number of rotatable bonds is 4. The SMILES string of the molecule is COC1CCC(NC(=O)c2cn(C3CCNCC3)nn2)C1. The molecule has 2 aliphatic rings. The fourth-order valence-electron chi connectivity index (χ4n) is 3.18. The van der Waals surface area contributed by atoms with Crippen LogP contribution in [0.4, 0.5) is 0 Å². The minimum Gasteiger partial charge on any atom is -0.381 e. The number of carbonyl (C=O) groups is 1. The Morgan fingerprint density at radius 1 is 1.38 bits per heavy atom. The molecule has 1 aliphatic carbocycles. The summed E-state index contributed by atoms with van der Waals surface area (Å²) in [5.74, 6) is -0.128. The minimum atomic E-state index is -0.128. The molecule has 21 heavy (non-hydrogen) atoms. The van der Waals surface area contributed by atoms with Crippen LogP contribution < -0.4 is 10.6 Å². The molecule has 1 aromatic rings. The number of hydrogen-bond acceptors (Lipinski definition) is 5. The standard InChI is InChI=1S/C14H23N5O2/c1-21-12-3-2-10(8-12)16-14(20)13-9-19(18-17-13)11-4-6-15-7-5-11/h9-12,15H,2-8H2,1H3,(H,16,20). The third-order valence-corrected chi connectivity index (χ3v) is 4.48. The van der Waals surface area contributed by atoms with Gasteiger partial charge in [-0.3, -0.25) is 4.79 Å². The zero-order valence-electron chi connectivity index (χ0n) is 12.4. The summed E-state index contributed by atoms with van der Waals surface area (Å²) >= 11 is 0. The lowest BCUT2D eigenvalue weighted by Crippen LogP contribution is -2.33. The summed E-state index contributed by atoms with van der Waals surface area (Å²) in [4.78, 5) is 12.2. The highest BCUT2D eigenvalue weighted by Crippen LogP contribution is 2.22. The van der Waals surface area contributed by atoms with Crippen molar-refractivity contribution in [2.45, 2.75) is 50.3 Å². The van der Waals surface area contributed by atoms with Crippen molar-refractivity contribution in [2.24, 2.45) is 0 Å². The zero-order chi connectivity index (χ0) is 14.7. The molecule has 1 amide bonds. The number of nitrogens with one attached hydrogen (secondary N) is 2. The summed E-state index contributed by atoms with van der Waals surface area (Å²) in [6, 6.07) is 0.538. The average molecular weight is 293 g/mol. The van der Waals surface area contributed by atoms with Crippen molar-refractivity contribution in [3.63, 3.8) is 0 Å². The van der Waals surface area contributed by atoms with Gasteiger partial charge in [0.1, 0.15) is 0 Å². The molecule has 0 bridgehead atoms.